The molecule has 2 heterocycles. The van der Waals surface area contributed by atoms with Gasteiger partial charge in [-0.25, -0.2) is 4.98 Å². The van der Waals surface area contributed by atoms with Gasteiger partial charge in [0.25, 0.3) is 0 Å². The highest BCUT2D eigenvalue weighted by Gasteiger charge is 2.10. The average Bonchev–Trinajstić information content (AvgIpc) is 2.60. The topological polar surface area (TPSA) is 26.5 Å². The molecule has 0 atom stereocenters. The molecule has 0 aromatic carbocycles. The van der Waals surface area contributed by atoms with Crippen LogP contribution in [-0.2, 0) is 11.3 Å². The molecular weight excluding hydrogens is 200 g/mol. The number of ether oxygens (including phenoxy) is 1. The fourth-order valence-corrected chi connectivity index (χ4v) is 1.95. The van der Waals surface area contributed by atoms with Crippen LogP contribution in [0.2, 0.25) is 0 Å². The molecule has 0 bridgehead atoms. The zero-order valence-electron chi connectivity index (χ0n) is 10.3. The number of aryl methyl sites for hydroxylation is 1. The summed E-state index contributed by atoms with van der Waals surface area (Å²) in [4.78, 5) is 4.61. The van der Waals surface area contributed by atoms with Gasteiger partial charge in [0.05, 0.1) is 12.3 Å². The minimum absolute atomic E-state index is 0.480. The third kappa shape index (κ3) is 1.83. The molecule has 0 saturated heterocycles. The van der Waals surface area contributed by atoms with Crippen molar-refractivity contribution in [3.05, 3.63) is 35.3 Å². The summed E-state index contributed by atoms with van der Waals surface area (Å²) in [6.07, 6.45) is 2.09. The van der Waals surface area contributed by atoms with Gasteiger partial charge in [0.15, 0.2) is 0 Å². The van der Waals surface area contributed by atoms with Crippen molar-refractivity contribution in [3.63, 3.8) is 0 Å². The molecule has 0 unspecified atom stereocenters. The van der Waals surface area contributed by atoms with Crippen LogP contribution >= 0.6 is 0 Å². The van der Waals surface area contributed by atoms with E-state index >= 15 is 0 Å². The molecule has 0 aliphatic heterocycles. The molecule has 0 aliphatic rings. The fourth-order valence-electron chi connectivity index (χ4n) is 1.95. The molecule has 2 aromatic rings. The lowest BCUT2D eigenvalue weighted by Gasteiger charge is -2.12. The van der Waals surface area contributed by atoms with Gasteiger partial charge in [0, 0.05) is 19.0 Å². The summed E-state index contributed by atoms with van der Waals surface area (Å²) >= 11 is 0. The van der Waals surface area contributed by atoms with Gasteiger partial charge >= 0.3 is 0 Å². The lowest BCUT2D eigenvalue weighted by Crippen LogP contribution is -2.04. The van der Waals surface area contributed by atoms with Crippen LogP contribution in [0.4, 0.5) is 0 Å². The highest BCUT2D eigenvalue weighted by molar-refractivity contribution is 5.50. The number of hydrogen-bond donors (Lipinski definition) is 0. The second-order valence-corrected chi connectivity index (χ2v) is 4.45. The van der Waals surface area contributed by atoms with Crippen molar-refractivity contribution in [2.24, 2.45) is 0 Å². The van der Waals surface area contributed by atoms with Gasteiger partial charge in [-0.05, 0) is 30.5 Å². The van der Waals surface area contributed by atoms with Gasteiger partial charge in [-0.3, -0.25) is 0 Å². The third-order valence-corrected chi connectivity index (χ3v) is 2.78. The highest BCUT2D eigenvalue weighted by atomic mass is 16.5. The maximum Gasteiger partial charge on any atom is 0.140 e. The number of methoxy groups -OCH3 is 1. The molecule has 0 spiro atoms. The minimum Gasteiger partial charge on any atom is -0.378 e. The summed E-state index contributed by atoms with van der Waals surface area (Å²) in [5, 5.41) is 0. The van der Waals surface area contributed by atoms with Crippen LogP contribution in [-0.4, -0.2) is 16.5 Å². The van der Waals surface area contributed by atoms with E-state index in [4.69, 9.17) is 4.74 Å². The van der Waals surface area contributed by atoms with Crippen molar-refractivity contribution in [3.8, 4) is 0 Å². The molecule has 16 heavy (non-hydrogen) atoms. The Balaban J connectivity index is 2.65. The van der Waals surface area contributed by atoms with Crippen molar-refractivity contribution < 1.29 is 4.74 Å². The van der Waals surface area contributed by atoms with E-state index < -0.39 is 0 Å². The van der Waals surface area contributed by atoms with E-state index in [9.17, 15) is 0 Å². The van der Waals surface area contributed by atoms with E-state index in [-0.39, 0.29) is 0 Å². The SMILES string of the molecule is COCc1cc(C(C)C)n2ccc(C)c2n1. The molecule has 0 N–H and O–H groups in total. The van der Waals surface area contributed by atoms with Gasteiger partial charge in [0.1, 0.15) is 5.65 Å². The average molecular weight is 218 g/mol. The van der Waals surface area contributed by atoms with Crippen molar-refractivity contribution >= 4 is 5.65 Å². The van der Waals surface area contributed by atoms with Crippen LogP contribution in [0.5, 0.6) is 0 Å². The summed E-state index contributed by atoms with van der Waals surface area (Å²) in [6, 6.07) is 4.23. The Morgan fingerprint density at radius 3 is 2.81 bits per heavy atom. The normalized spacial score (nSPS) is 11.6. The number of fused-ring (bicyclic) bond motifs is 1. The molecule has 3 nitrogen and oxygen atoms in total. The van der Waals surface area contributed by atoms with E-state index in [2.05, 4.69) is 48.5 Å². The predicted octanol–water partition coefficient (Wildman–Crippen LogP) is 2.91. The van der Waals surface area contributed by atoms with Gasteiger partial charge < -0.3 is 9.14 Å². The quantitative estimate of drug-likeness (QED) is 0.792. The summed E-state index contributed by atoms with van der Waals surface area (Å²) in [6.45, 7) is 7.05. The second kappa shape index (κ2) is 4.26. The number of aromatic nitrogens is 2. The van der Waals surface area contributed by atoms with Crippen LogP contribution in [0.15, 0.2) is 18.3 Å². The largest absolute Gasteiger partial charge is 0.378 e. The first-order valence-electron chi connectivity index (χ1n) is 5.60. The first kappa shape index (κ1) is 11.1. The highest BCUT2D eigenvalue weighted by Crippen LogP contribution is 2.20. The summed E-state index contributed by atoms with van der Waals surface area (Å²) in [7, 11) is 1.70. The van der Waals surface area contributed by atoms with Gasteiger partial charge in [-0.1, -0.05) is 13.8 Å². The monoisotopic (exact) mass is 218 g/mol. The maximum atomic E-state index is 5.16. The molecule has 2 aromatic heterocycles. The van der Waals surface area contributed by atoms with E-state index in [0.29, 0.717) is 12.5 Å². The van der Waals surface area contributed by atoms with Gasteiger partial charge in [0.2, 0.25) is 0 Å². The van der Waals surface area contributed by atoms with E-state index in [1.54, 1.807) is 7.11 Å². The Kier molecular flexibility index (Phi) is 2.97. The smallest absolute Gasteiger partial charge is 0.140 e. The fraction of sp³-hybridized carbons (Fsp3) is 0.462. The Morgan fingerprint density at radius 1 is 1.44 bits per heavy atom. The molecule has 0 amide bonds. The number of nitrogens with zero attached hydrogens (tertiary/aromatic N) is 2. The lowest BCUT2D eigenvalue weighted by atomic mass is 10.1. The first-order valence-corrected chi connectivity index (χ1v) is 5.60. The van der Waals surface area contributed by atoms with Gasteiger partial charge in [-0.2, -0.15) is 0 Å². The summed E-state index contributed by atoms with van der Waals surface area (Å²) in [5.74, 6) is 0.480. The molecule has 0 fully saturated rings. The minimum atomic E-state index is 0.480. The molecule has 0 radical (unpaired) electrons. The molecule has 2 rings (SSSR count). The molecule has 3 heteroatoms. The predicted molar refractivity (Wildman–Crippen MR) is 64.7 cm³/mol. The van der Waals surface area contributed by atoms with Crippen LogP contribution in [0.3, 0.4) is 0 Å². The molecule has 0 aliphatic carbocycles. The number of hydrogen-bond acceptors (Lipinski definition) is 2. The van der Waals surface area contributed by atoms with Crippen LogP contribution in [0.1, 0.15) is 36.7 Å². The third-order valence-electron chi connectivity index (χ3n) is 2.78. The molecule has 86 valence electrons. The summed E-state index contributed by atoms with van der Waals surface area (Å²) in [5.41, 5.74) is 4.53. The zero-order valence-corrected chi connectivity index (χ0v) is 10.3. The summed E-state index contributed by atoms with van der Waals surface area (Å²) < 4.78 is 7.32. The molecule has 0 saturated carbocycles. The van der Waals surface area contributed by atoms with Crippen molar-refractivity contribution in [1.29, 1.82) is 0 Å². The van der Waals surface area contributed by atoms with Crippen LogP contribution in [0, 0.1) is 6.92 Å². The van der Waals surface area contributed by atoms with Crippen molar-refractivity contribution in [1.82, 2.24) is 9.38 Å². The van der Waals surface area contributed by atoms with E-state index in [0.717, 1.165) is 11.3 Å². The zero-order chi connectivity index (χ0) is 11.7. The van der Waals surface area contributed by atoms with E-state index in [1.165, 1.54) is 11.3 Å². The van der Waals surface area contributed by atoms with Gasteiger partial charge in [-0.15, -0.1) is 0 Å². The Morgan fingerprint density at radius 2 is 2.19 bits per heavy atom. The molecular formula is C13H18N2O. The lowest BCUT2D eigenvalue weighted by molar-refractivity contribution is 0.181. The maximum absolute atomic E-state index is 5.16. The Labute approximate surface area is 96.1 Å². The first-order chi connectivity index (χ1) is 7.63. The Bertz CT molecular complexity index is 500. The van der Waals surface area contributed by atoms with E-state index in [1.807, 2.05) is 0 Å². The number of rotatable bonds is 3. The second-order valence-electron chi connectivity index (χ2n) is 4.45. The standard InChI is InChI=1S/C13H18N2O/c1-9(2)12-7-11(8-16-4)14-13-10(3)5-6-15(12)13/h5-7,9H,8H2,1-4H3. The van der Waals surface area contributed by atoms with Crippen LogP contribution in [0.25, 0.3) is 5.65 Å². The Hall–Kier alpha value is -1.35. The van der Waals surface area contributed by atoms with Crippen molar-refractivity contribution in [2.45, 2.75) is 33.3 Å². The van der Waals surface area contributed by atoms with Crippen LogP contribution < -0.4 is 0 Å². The van der Waals surface area contributed by atoms with Crippen molar-refractivity contribution in [2.75, 3.05) is 7.11 Å².